The van der Waals surface area contributed by atoms with Crippen molar-refractivity contribution in [3.05, 3.63) is 11.3 Å². The second-order valence-corrected chi connectivity index (χ2v) is 5.20. The minimum absolute atomic E-state index is 0.129. The third-order valence-electron chi connectivity index (χ3n) is 1.84. The van der Waals surface area contributed by atoms with E-state index in [1.54, 1.807) is 20.8 Å². The lowest BCUT2D eigenvalue weighted by Gasteiger charge is -2.08. The molecule has 0 spiro atoms. The molecule has 15 heavy (non-hydrogen) atoms. The Hall–Kier alpha value is -0.920. The molecule has 1 heterocycles. The van der Waals surface area contributed by atoms with Crippen LogP contribution in [0.15, 0.2) is 5.03 Å². The summed E-state index contributed by atoms with van der Waals surface area (Å²) in [6.07, 6.45) is 0. The summed E-state index contributed by atoms with van der Waals surface area (Å²) in [5.41, 5.74) is 0.866. The van der Waals surface area contributed by atoms with Gasteiger partial charge in [0.05, 0.1) is 6.61 Å². The molecule has 0 amide bonds. The van der Waals surface area contributed by atoms with Gasteiger partial charge in [0.2, 0.25) is 0 Å². The number of aliphatic hydroxyl groups is 1. The van der Waals surface area contributed by atoms with E-state index in [1.807, 2.05) is 0 Å². The van der Waals surface area contributed by atoms with Crippen molar-refractivity contribution in [1.29, 1.82) is 0 Å². The van der Waals surface area contributed by atoms with E-state index in [1.165, 1.54) is 0 Å². The van der Waals surface area contributed by atoms with Crippen molar-refractivity contribution in [3.63, 3.8) is 0 Å². The molecule has 0 saturated carbocycles. The van der Waals surface area contributed by atoms with E-state index >= 15 is 0 Å². The number of hydrogen-bond acceptors (Lipinski definition) is 4. The SMILES string of the molecule is Cc1[nH]nc(S(=O)(=O)NC(C)C)c1CO. The molecule has 0 fully saturated rings. The van der Waals surface area contributed by atoms with Gasteiger partial charge in [-0.2, -0.15) is 5.10 Å². The van der Waals surface area contributed by atoms with Crippen LogP contribution in [0.2, 0.25) is 0 Å². The highest BCUT2D eigenvalue weighted by Gasteiger charge is 2.23. The molecule has 7 heteroatoms. The molecule has 0 aliphatic rings. The third-order valence-corrected chi connectivity index (χ3v) is 3.47. The highest BCUT2D eigenvalue weighted by atomic mass is 32.2. The van der Waals surface area contributed by atoms with Crippen molar-refractivity contribution in [2.24, 2.45) is 0 Å². The number of nitrogens with one attached hydrogen (secondary N) is 2. The van der Waals surface area contributed by atoms with Crippen LogP contribution in [0, 0.1) is 6.92 Å². The molecule has 0 unspecified atom stereocenters. The van der Waals surface area contributed by atoms with E-state index in [-0.39, 0.29) is 17.7 Å². The Labute approximate surface area is 88.8 Å². The second kappa shape index (κ2) is 4.30. The van der Waals surface area contributed by atoms with Gasteiger partial charge in [0.15, 0.2) is 5.03 Å². The number of nitrogens with zero attached hydrogens (tertiary/aromatic N) is 1. The number of H-pyrrole nitrogens is 1. The standard InChI is InChI=1S/C8H15N3O3S/c1-5(2)11-15(13,14)8-7(4-12)6(3)9-10-8/h5,11-12H,4H2,1-3H3,(H,9,10). The largest absolute Gasteiger partial charge is 0.392 e. The van der Waals surface area contributed by atoms with E-state index < -0.39 is 10.0 Å². The monoisotopic (exact) mass is 233 g/mol. The van der Waals surface area contributed by atoms with E-state index in [0.717, 1.165) is 0 Å². The molecule has 0 aliphatic carbocycles. The molecular weight excluding hydrogens is 218 g/mol. The van der Waals surface area contributed by atoms with Crippen molar-refractivity contribution >= 4 is 10.0 Å². The molecule has 1 aromatic heterocycles. The van der Waals surface area contributed by atoms with Crippen molar-refractivity contribution < 1.29 is 13.5 Å². The summed E-state index contributed by atoms with van der Waals surface area (Å²) in [6.45, 7) is 4.75. The first-order valence-corrected chi connectivity index (χ1v) is 6.04. The fourth-order valence-corrected chi connectivity index (χ4v) is 2.64. The zero-order valence-corrected chi connectivity index (χ0v) is 9.72. The van der Waals surface area contributed by atoms with Crippen LogP contribution in [0.4, 0.5) is 0 Å². The normalized spacial score (nSPS) is 12.3. The quantitative estimate of drug-likeness (QED) is 0.676. The first-order chi connectivity index (χ1) is 6.88. The zero-order chi connectivity index (χ0) is 11.6. The van der Waals surface area contributed by atoms with E-state index in [4.69, 9.17) is 5.11 Å². The zero-order valence-electron chi connectivity index (χ0n) is 8.90. The summed E-state index contributed by atoms with van der Waals surface area (Å²) in [4.78, 5) is 0. The fraction of sp³-hybridized carbons (Fsp3) is 0.625. The topological polar surface area (TPSA) is 95.1 Å². The molecular formula is C8H15N3O3S. The second-order valence-electron chi connectivity index (χ2n) is 3.57. The molecule has 0 aliphatic heterocycles. The van der Waals surface area contributed by atoms with Crippen molar-refractivity contribution in [3.8, 4) is 0 Å². The number of aromatic nitrogens is 2. The highest BCUT2D eigenvalue weighted by molar-refractivity contribution is 7.89. The summed E-state index contributed by atoms with van der Waals surface area (Å²) < 4.78 is 25.9. The van der Waals surface area contributed by atoms with Crippen LogP contribution in [-0.2, 0) is 16.6 Å². The van der Waals surface area contributed by atoms with Crippen LogP contribution in [0.5, 0.6) is 0 Å². The number of sulfonamides is 1. The first-order valence-electron chi connectivity index (χ1n) is 4.55. The molecule has 0 radical (unpaired) electrons. The molecule has 1 aromatic rings. The lowest BCUT2D eigenvalue weighted by atomic mass is 10.3. The van der Waals surface area contributed by atoms with Gasteiger partial charge in [-0.1, -0.05) is 0 Å². The highest BCUT2D eigenvalue weighted by Crippen LogP contribution is 2.15. The minimum Gasteiger partial charge on any atom is -0.392 e. The number of hydrogen-bond donors (Lipinski definition) is 3. The maximum atomic E-state index is 11.7. The first kappa shape index (κ1) is 12.2. The van der Waals surface area contributed by atoms with Crippen LogP contribution < -0.4 is 4.72 Å². The van der Waals surface area contributed by atoms with Crippen LogP contribution in [-0.4, -0.2) is 29.8 Å². The van der Waals surface area contributed by atoms with E-state index in [0.29, 0.717) is 11.3 Å². The Bertz CT molecular complexity index is 436. The predicted molar refractivity (Wildman–Crippen MR) is 54.7 cm³/mol. The average molecular weight is 233 g/mol. The van der Waals surface area contributed by atoms with Gasteiger partial charge in [0.25, 0.3) is 10.0 Å². The summed E-state index contributed by atoms with van der Waals surface area (Å²) in [5, 5.41) is 15.1. The summed E-state index contributed by atoms with van der Waals surface area (Å²) >= 11 is 0. The minimum atomic E-state index is -3.63. The molecule has 6 nitrogen and oxygen atoms in total. The summed E-state index contributed by atoms with van der Waals surface area (Å²) in [5.74, 6) is 0. The van der Waals surface area contributed by atoms with Gasteiger partial charge in [-0.3, -0.25) is 5.10 Å². The Kier molecular flexibility index (Phi) is 3.48. The summed E-state index contributed by atoms with van der Waals surface area (Å²) in [7, 11) is -3.63. The van der Waals surface area contributed by atoms with Crippen molar-refractivity contribution in [2.75, 3.05) is 0 Å². The molecule has 0 atom stereocenters. The third kappa shape index (κ3) is 2.55. The van der Waals surface area contributed by atoms with Gasteiger partial charge in [0, 0.05) is 17.3 Å². The van der Waals surface area contributed by atoms with Gasteiger partial charge >= 0.3 is 0 Å². The van der Waals surface area contributed by atoms with E-state index in [9.17, 15) is 8.42 Å². The Morgan fingerprint density at radius 1 is 1.53 bits per heavy atom. The van der Waals surface area contributed by atoms with Gasteiger partial charge < -0.3 is 5.11 Å². The van der Waals surface area contributed by atoms with Gasteiger partial charge in [-0.25, -0.2) is 13.1 Å². The fourth-order valence-electron chi connectivity index (χ4n) is 1.20. The summed E-state index contributed by atoms with van der Waals surface area (Å²) in [6, 6.07) is -0.210. The van der Waals surface area contributed by atoms with Crippen molar-refractivity contribution in [2.45, 2.75) is 38.4 Å². The van der Waals surface area contributed by atoms with E-state index in [2.05, 4.69) is 14.9 Å². The Morgan fingerprint density at radius 2 is 2.13 bits per heavy atom. The average Bonchev–Trinajstić information content (AvgIpc) is 2.44. The van der Waals surface area contributed by atoms with Crippen LogP contribution in [0.3, 0.4) is 0 Å². The number of aryl methyl sites for hydroxylation is 1. The predicted octanol–water partition coefficient (Wildman–Crippen LogP) is -0.103. The van der Waals surface area contributed by atoms with Gasteiger partial charge in [0.1, 0.15) is 0 Å². The van der Waals surface area contributed by atoms with Crippen molar-refractivity contribution in [1.82, 2.24) is 14.9 Å². The molecule has 0 bridgehead atoms. The molecule has 0 aromatic carbocycles. The number of rotatable bonds is 4. The molecule has 3 N–H and O–H groups in total. The van der Waals surface area contributed by atoms with Gasteiger partial charge in [-0.15, -0.1) is 0 Å². The van der Waals surface area contributed by atoms with Crippen LogP contribution in [0.1, 0.15) is 25.1 Å². The lowest BCUT2D eigenvalue weighted by molar-refractivity contribution is 0.277. The number of aromatic amines is 1. The Morgan fingerprint density at radius 3 is 2.60 bits per heavy atom. The Balaban J connectivity index is 3.15. The molecule has 86 valence electrons. The number of aliphatic hydroxyl groups excluding tert-OH is 1. The maximum absolute atomic E-state index is 11.7. The van der Waals surface area contributed by atoms with Crippen LogP contribution in [0.25, 0.3) is 0 Å². The smallest absolute Gasteiger partial charge is 0.260 e. The molecule has 0 saturated heterocycles. The maximum Gasteiger partial charge on any atom is 0.260 e. The van der Waals surface area contributed by atoms with Gasteiger partial charge in [-0.05, 0) is 20.8 Å². The lowest BCUT2D eigenvalue weighted by Crippen LogP contribution is -2.31. The molecule has 1 rings (SSSR count). The van der Waals surface area contributed by atoms with Crippen LogP contribution >= 0.6 is 0 Å².